The molecule has 19 heavy (non-hydrogen) atoms. The first-order chi connectivity index (χ1) is 9.11. The van der Waals surface area contributed by atoms with Crippen molar-refractivity contribution in [2.45, 2.75) is 19.9 Å². The number of benzene rings is 1. The van der Waals surface area contributed by atoms with Crippen LogP contribution in [0.25, 0.3) is 0 Å². The van der Waals surface area contributed by atoms with Gasteiger partial charge in [0.05, 0.1) is 23.5 Å². The second kappa shape index (κ2) is 5.71. The minimum atomic E-state index is -0.524. The zero-order valence-electron chi connectivity index (χ0n) is 10.6. The number of primary amides is 1. The molecule has 0 saturated heterocycles. The highest BCUT2D eigenvalue weighted by Gasteiger charge is 2.09. The largest absolute Gasteiger partial charge is 0.396 e. The van der Waals surface area contributed by atoms with Crippen LogP contribution in [-0.2, 0) is 13.0 Å². The molecule has 5 N–H and O–H groups in total. The van der Waals surface area contributed by atoms with Gasteiger partial charge in [0.2, 0.25) is 0 Å². The summed E-state index contributed by atoms with van der Waals surface area (Å²) < 4.78 is 0. The summed E-state index contributed by atoms with van der Waals surface area (Å²) in [5, 5.41) is 4.16. The first kappa shape index (κ1) is 13.4. The van der Waals surface area contributed by atoms with Crippen LogP contribution in [0.1, 0.15) is 27.2 Å². The van der Waals surface area contributed by atoms with Crippen LogP contribution in [0.15, 0.2) is 24.4 Å². The third kappa shape index (κ3) is 3.03. The van der Waals surface area contributed by atoms with E-state index in [2.05, 4.69) is 17.2 Å². The van der Waals surface area contributed by atoms with Crippen molar-refractivity contribution in [3.8, 4) is 0 Å². The van der Waals surface area contributed by atoms with Gasteiger partial charge < -0.3 is 16.8 Å². The molecule has 5 nitrogen and oxygen atoms in total. The highest BCUT2D eigenvalue weighted by molar-refractivity contribution is 7.11. The first-order valence-electron chi connectivity index (χ1n) is 5.97. The number of para-hydroxylation sites is 1. The summed E-state index contributed by atoms with van der Waals surface area (Å²) in [5.74, 6) is -0.524. The van der Waals surface area contributed by atoms with Gasteiger partial charge in [-0.2, -0.15) is 0 Å². The summed E-state index contributed by atoms with van der Waals surface area (Å²) in [6.45, 7) is 2.68. The van der Waals surface area contributed by atoms with E-state index in [9.17, 15) is 4.79 Å². The van der Waals surface area contributed by atoms with E-state index in [0.29, 0.717) is 23.5 Å². The Hall–Kier alpha value is -2.08. The van der Waals surface area contributed by atoms with Gasteiger partial charge in [-0.25, -0.2) is 4.98 Å². The van der Waals surface area contributed by atoms with Crippen LogP contribution in [0.3, 0.4) is 0 Å². The monoisotopic (exact) mass is 276 g/mol. The average molecular weight is 276 g/mol. The molecule has 0 aliphatic carbocycles. The zero-order valence-corrected chi connectivity index (χ0v) is 11.5. The summed E-state index contributed by atoms with van der Waals surface area (Å²) in [6.07, 6.45) is 2.86. The fourth-order valence-corrected chi connectivity index (χ4v) is 2.50. The van der Waals surface area contributed by atoms with Crippen molar-refractivity contribution in [2.75, 3.05) is 11.1 Å². The predicted molar refractivity (Wildman–Crippen MR) is 78.2 cm³/mol. The minimum absolute atomic E-state index is 0.332. The van der Waals surface area contributed by atoms with Crippen LogP contribution in [0.4, 0.5) is 11.4 Å². The number of amides is 1. The molecule has 0 atom stereocenters. The molecule has 0 bridgehead atoms. The van der Waals surface area contributed by atoms with Crippen LogP contribution in [0.2, 0.25) is 0 Å². The van der Waals surface area contributed by atoms with Crippen molar-refractivity contribution in [3.05, 3.63) is 39.8 Å². The number of thiazole rings is 1. The van der Waals surface area contributed by atoms with Crippen LogP contribution >= 0.6 is 11.3 Å². The fraction of sp³-hybridized carbons (Fsp3) is 0.231. The smallest absolute Gasteiger partial charge is 0.250 e. The molecule has 0 saturated carbocycles. The molecule has 0 aliphatic rings. The molecule has 1 amide bonds. The normalized spacial score (nSPS) is 10.4. The third-order valence-electron chi connectivity index (χ3n) is 2.75. The lowest BCUT2D eigenvalue weighted by Crippen LogP contribution is -2.14. The van der Waals surface area contributed by atoms with Gasteiger partial charge in [-0.15, -0.1) is 11.3 Å². The highest BCUT2D eigenvalue weighted by atomic mass is 32.1. The van der Waals surface area contributed by atoms with Gasteiger partial charge in [0.25, 0.3) is 5.91 Å². The third-order valence-corrected chi connectivity index (χ3v) is 3.89. The van der Waals surface area contributed by atoms with Crippen LogP contribution in [-0.4, -0.2) is 10.9 Å². The maximum atomic E-state index is 11.2. The van der Waals surface area contributed by atoms with Crippen molar-refractivity contribution in [2.24, 2.45) is 5.73 Å². The molecule has 100 valence electrons. The quantitative estimate of drug-likeness (QED) is 0.728. The Bertz CT molecular complexity index is 594. The Kier molecular flexibility index (Phi) is 4.01. The summed E-state index contributed by atoms with van der Waals surface area (Å²) in [6, 6.07) is 5.18. The van der Waals surface area contributed by atoms with E-state index in [1.165, 1.54) is 4.88 Å². The lowest BCUT2D eigenvalue weighted by molar-refractivity contribution is 0.100. The number of aryl methyl sites for hydroxylation is 1. The number of nitrogens with zero attached hydrogens (tertiary/aromatic N) is 1. The van der Waals surface area contributed by atoms with E-state index in [0.717, 1.165) is 11.4 Å². The zero-order chi connectivity index (χ0) is 13.8. The number of carbonyl (C=O) groups is 1. The maximum absolute atomic E-state index is 11.2. The molecule has 0 fully saturated rings. The van der Waals surface area contributed by atoms with Gasteiger partial charge in [-0.05, 0) is 18.6 Å². The van der Waals surface area contributed by atoms with Crippen LogP contribution in [0, 0.1) is 0 Å². The van der Waals surface area contributed by atoms with Gasteiger partial charge in [-0.1, -0.05) is 13.0 Å². The van der Waals surface area contributed by atoms with E-state index in [-0.39, 0.29) is 0 Å². The van der Waals surface area contributed by atoms with Crippen molar-refractivity contribution in [1.82, 2.24) is 4.98 Å². The van der Waals surface area contributed by atoms with E-state index < -0.39 is 5.91 Å². The number of hydrogen-bond acceptors (Lipinski definition) is 5. The standard InChI is InChI=1S/C13H16N4OS/c1-2-8-6-17-11(19-8)7-16-10-5-3-4-9(12(10)14)13(15)18/h3-6,16H,2,7,14H2,1H3,(H2,15,18). The fourth-order valence-electron chi connectivity index (χ4n) is 1.70. The predicted octanol–water partition coefficient (Wildman–Crippen LogP) is 2.00. The first-order valence-corrected chi connectivity index (χ1v) is 6.79. The molecule has 0 aliphatic heterocycles. The van der Waals surface area contributed by atoms with Gasteiger partial charge in [0, 0.05) is 11.1 Å². The lowest BCUT2D eigenvalue weighted by atomic mass is 10.1. The van der Waals surface area contributed by atoms with Gasteiger partial charge >= 0.3 is 0 Å². The van der Waals surface area contributed by atoms with Crippen molar-refractivity contribution < 1.29 is 4.79 Å². The number of carbonyl (C=O) groups excluding carboxylic acids is 1. The number of nitrogens with one attached hydrogen (secondary N) is 1. The Labute approximate surface area is 115 Å². The summed E-state index contributed by atoms with van der Waals surface area (Å²) in [5.41, 5.74) is 12.6. The Balaban J connectivity index is 2.11. The summed E-state index contributed by atoms with van der Waals surface area (Å²) >= 11 is 1.66. The maximum Gasteiger partial charge on any atom is 0.250 e. The molecule has 0 spiro atoms. The number of anilines is 2. The Morgan fingerprint density at radius 3 is 2.89 bits per heavy atom. The molecule has 0 radical (unpaired) electrons. The van der Waals surface area contributed by atoms with Gasteiger partial charge in [0.15, 0.2) is 0 Å². The summed E-state index contributed by atoms with van der Waals surface area (Å²) in [7, 11) is 0. The van der Waals surface area contributed by atoms with Gasteiger partial charge in [0.1, 0.15) is 5.01 Å². The highest BCUT2D eigenvalue weighted by Crippen LogP contribution is 2.23. The number of nitrogens with two attached hydrogens (primary N) is 2. The van der Waals surface area contributed by atoms with Crippen molar-refractivity contribution in [3.63, 3.8) is 0 Å². The molecule has 1 aromatic heterocycles. The molecule has 1 heterocycles. The van der Waals surface area contributed by atoms with Gasteiger partial charge in [-0.3, -0.25) is 4.79 Å². The average Bonchev–Trinajstić information content (AvgIpc) is 2.85. The molecule has 0 unspecified atom stereocenters. The molecular formula is C13H16N4OS. The SMILES string of the molecule is CCc1cnc(CNc2cccc(C(N)=O)c2N)s1. The summed E-state index contributed by atoms with van der Waals surface area (Å²) in [4.78, 5) is 16.8. The van der Waals surface area contributed by atoms with Crippen LogP contribution < -0.4 is 16.8 Å². The molecule has 2 rings (SSSR count). The topological polar surface area (TPSA) is 94.0 Å². The van der Waals surface area contributed by atoms with Crippen molar-refractivity contribution >= 4 is 28.6 Å². The number of hydrogen-bond donors (Lipinski definition) is 3. The minimum Gasteiger partial charge on any atom is -0.396 e. The molecular weight excluding hydrogens is 260 g/mol. The van der Waals surface area contributed by atoms with Crippen LogP contribution in [0.5, 0.6) is 0 Å². The Morgan fingerprint density at radius 1 is 1.47 bits per heavy atom. The van der Waals surface area contributed by atoms with E-state index in [1.54, 1.807) is 23.5 Å². The van der Waals surface area contributed by atoms with Crippen molar-refractivity contribution in [1.29, 1.82) is 0 Å². The molecule has 6 heteroatoms. The molecule has 2 aromatic rings. The number of nitrogen functional groups attached to an aromatic ring is 1. The van der Waals surface area contributed by atoms with E-state index in [1.807, 2.05) is 12.3 Å². The number of rotatable bonds is 5. The molecule has 1 aromatic carbocycles. The second-order valence-corrected chi connectivity index (χ2v) is 5.26. The number of aromatic nitrogens is 1. The van der Waals surface area contributed by atoms with E-state index in [4.69, 9.17) is 11.5 Å². The second-order valence-electron chi connectivity index (χ2n) is 4.06. The lowest BCUT2D eigenvalue weighted by Gasteiger charge is -2.10. The van der Waals surface area contributed by atoms with E-state index >= 15 is 0 Å². The Morgan fingerprint density at radius 2 is 2.26 bits per heavy atom.